The number of hydrogen-bond acceptors (Lipinski definition) is 4. The normalized spacial score (nSPS) is 11.1. The van der Waals surface area contributed by atoms with Gasteiger partial charge in [-0.1, -0.05) is 12.1 Å². The number of hydrogen-bond donors (Lipinski definition) is 1. The molecule has 0 bridgehead atoms. The number of nitrogens with one attached hydrogen (secondary N) is 1. The third kappa shape index (κ3) is 3.79. The maximum atomic E-state index is 11.8. The third-order valence-electron chi connectivity index (χ3n) is 2.60. The topological polar surface area (TPSA) is 76.1 Å². The molecule has 2 rings (SSSR count). The van der Waals surface area contributed by atoms with E-state index in [2.05, 4.69) is 10.3 Å². The average molecular weight is 311 g/mol. The van der Waals surface area contributed by atoms with Crippen LogP contribution >= 0.6 is 10.7 Å². The van der Waals surface area contributed by atoms with Crippen LogP contribution < -0.4 is 5.32 Å². The van der Waals surface area contributed by atoms with Crippen molar-refractivity contribution in [1.82, 2.24) is 10.3 Å². The van der Waals surface area contributed by atoms with Gasteiger partial charge in [0.25, 0.3) is 15.0 Å². The molecule has 1 amide bonds. The molecule has 0 aliphatic heterocycles. The van der Waals surface area contributed by atoms with Crippen molar-refractivity contribution in [3.8, 4) is 0 Å². The Morgan fingerprint density at radius 3 is 2.25 bits per heavy atom. The van der Waals surface area contributed by atoms with Crippen LogP contribution in [0.3, 0.4) is 0 Å². The summed E-state index contributed by atoms with van der Waals surface area (Å²) < 4.78 is 22.2. The fraction of sp³-hybridized carbons (Fsp3) is 0.0769. The minimum absolute atomic E-state index is 0.0309. The molecular weight excluding hydrogens is 300 g/mol. The second-order valence-electron chi connectivity index (χ2n) is 4.00. The second kappa shape index (κ2) is 6.02. The maximum absolute atomic E-state index is 11.8. The molecule has 20 heavy (non-hydrogen) atoms. The zero-order valence-electron chi connectivity index (χ0n) is 10.3. The number of nitrogens with zero attached hydrogens (tertiary/aromatic N) is 1. The summed E-state index contributed by atoms with van der Waals surface area (Å²) in [5.74, 6) is -0.221. The Balaban J connectivity index is 2.00. The van der Waals surface area contributed by atoms with E-state index < -0.39 is 9.05 Å². The van der Waals surface area contributed by atoms with Crippen molar-refractivity contribution in [1.29, 1.82) is 0 Å². The van der Waals surface area contributed by atoms with Gasteiger partial charge in [0.2, 0.25) is 0 Å². The van der Waals surface area contributed by atoms with Crippen LogP contribution in [-0.4, -0.2) is 19.3 Å². The molecule has 0 aliphatic carbocycles. The lowest BCUT2D eigenvalue weighted by Crippen LogP contribution is -2.22. The average Bonchev–Trinajstić information content (AvgIpc) is 2.45. The Bertz CT molecular complexity index is 700. The van der Waals surface area contributed by atoms with E-state index in [0.717, 1.165) is 5.56 Å². The minimum atomic E-state index is -3.72. The summed E-state index contributed by atoms with van der Waals surface area (Å²) in [5, 5.41) is 2.72. The van der Waals surface area contributed by atoms with Crippen molar-refractivity contribution >= 4 is 25.6 Å². The first-order chi connectivity index (χ1) is 9.47. The Morgan fingerprint density at radius 1 is 1.10 bits per heavy atom. The predicted octanol–water partition coefficient (Wildman–Crippen LogP) is 1.94. The number of carbonyl (C=O) groups is 1. The van der Waals surface area contributed by atoms with Crippen LogP contribution in [0.2, 0.25) is 0 Å². The van der Waals surface area contributed by atoms with Crippen molar-refractivity contribution in [2.24, 2.45) is 0 Å². The van der Waals surface area contributed by atoms with Crippen molar-refractivity contribution in [2.45, 2.75) is 11.4 Å². The van der Waals surface area contributed by atoms with E-state index >= 15 is 0 Å². The summed E-state index contributed by atoms with van der Waals surface area (Å²) >= 11 is 0. The van der Waals surface area contributed by atoms with Crippen LogP contribution in [0, 0.1) is 0 Å². The minimum Gasteiger partial charge on any atom is -0.348 e. The first kappa shape index (κ1) is 14.5. The second-order valence-corrected chi connectivity index (χ2v) is 6.57. The van der Waals surface area contributed by atoms with Crippen LogP contribution in [0.4, 0.5) is 0 Å². The van der Waals surface area contributed by atoms with Crippen LogP contribution in [0.25, 0.3) is 0 Å². The summed E-state index contributed by atoms with van der Waals surface area (Å²) in [6.07, 6.45) is 3.07. The molecule has 0 atom stereocenters. The molecule has 5 nitrogen and oxygen atoms in total. The SMILES string of the molecule is O=C(NCc1ccc(S(=O)(=O)Cl)cc1)c1ccncc1. The van der Waals surface area contributed by atoms with Crippen LogP contribution in [0.5, 0.6) is 0 Å². The van der Waals surface area contributed by atoms with Crippen LogP contribution in [-0.2, 0) is 15.6 Å². The lowest BCUT2D eigenvalue weighted by Gasteiger charge is -2.05. The largest absolute Gasteiger partial charge is 0.348 e. The summed E-state index contributed by atoms with van der Waals surface area (Å²) in [5.41, 5.74) is 1.29. The van der Waals surface area contributed by atoms with E-state index in [-0.39, 0.29) is 10.8 Å². The van der Waals surface area contributed by atoms with Gasteiger partial charge in [-0.3, -0.25) is 9.78 Å². The number of pyridine rings is 1. The Morgan fingerprint density at radius 2 is 1.70 bits per heavy atom. The van der Waals surface area contributed by atoms with E-state index in [4.69, 9.17) is 10.7 Å². The third-order valence-corrected chi connectivity index (χ3v) is 3.97. The molecular formula is C13H11ClN2O3S. The first-order valence-corrected chi connectivity index (χ1v) is 7.99. The molecule has 2 aromatic rings. The van der Waals surface area contributed by atoms with Gasteiger partial charge in [0.1, 0.15) is 0 Å². The number of benzene rings is 1. The fourth-order valence-corrected chi connectivity index (χ4v) is 2.33. The Hall–Kier alpha value is -1.92. The quantitative estimate of drug-likeness (QED) is 0.876. The Kier molecular flexibility index (Phi) is 4.36. The van der Waals surface area contributed by atoms with Crippen molar-refractivity contribution < 1.29 is 13.2 Å². The molecule has 0 radical (unpaired) electrons. The van der Waals surface area contributed by atoms with Gasteiger partial charge in [0, 0.05) is 35.2 Å². The highest BCUT2D eigenvalue weighted by atomic mass is 35.7. The number of aromatic nitrogens is 1. The van der Waals surface area contributed by atoms with E-state index in [1.165, 1.54) is 24.5 Å². The highest BCUT2D eigenvalue weighted by Crippen LogP contribution is 2.15. The Labute approximate surface area is 121 Å². The van der Waals surface area contributed by atoms with Gasteiger partial charge in [-0.15, -0.1) is 0 Å². The van der Waals surface area contributed by atoms with Gasteiger partial charge in [-0.05, 0) is 29.8 Å². The zero-order chi connectivity index (χ0) is 14.6. The molecule has 1 aromatic carbocycles. The van der Waals surface area contributed by atoms with Crippen molar-refractivity contribution in [3.63, 3.8) is 0 Å². The standard InChI is InChI=1S/C13H11ClN2O3S/c14-20(18,19)12-3-1-10(2-4-12)9-16-13(17)11-5-7-15-8-6-11/h1-8H,9H2,(H,16,17). The molecule has 104 valence electrons. The molecule has 7 heteroatoms. The molecule has 1 N–H and O–H groups in total. The van der Waals surface area contributed by atoms with Gasteiger partial charge in [-0.25, -0.2) is 8.42 Å². The van der Waals surface area contributed by atoms with Gasteiger partial charge in [-0.2, -0.15) is 0 Å². The summed E-state index contributed by atoms with van der Waals surface area (Å²) in [6, 6.07) is 9.22. The lowest BCUT2D eigenvalue weighted by molar-refractivity contribution is 0.0951. The number of halogens is 1. The number of amides is 1. The van der Waals surface area contributed by atoms with E-state index in [1.54, 1.807) is 24.3 Å². The molecule has 0 saturated heterocycles. The zero-order valence-corrected chi connectivity index (χ0v) is 11.9. The van der Waals surface area contributed by atoms with Crippen molar-refractivity contribution in [3.05, 3.63) is 59.9 Å². The predicted molar refractivity (Wildman–Crippen MR) is 74.9 cm³/mol. The molecule has 1 heterocycles. The van der Waals surface area contributed by atoms with Crippen LogP contribution in [0.15, 0.2) is 53.7 Å². The summed E-state index contributed by atoms with van der Waals surface area (Å²) in [6.45, 7) is 0.295. The van der Waals surface area contributed by atoms with Gasteiger partial charge >= 0.3 is 0 Å². The molecule has 0 fully saturated rings. The summed E-state index contributed by atoms with van der Waals surface area (Å²) in [4.78, 5) is 15.6. The van der Waals surface area contributed by atoms with Gasteiger partial charge in [0.05, 0.1) is 4.90 Å². The van der Waals surface area contributed by atoms with Gasteiger partial charge < -0.3 is 5.32 Å². The molecule has 0 saturated carbocycles. The molecule has 1 aromatic heterocycles. The van der Waals surface area contributed by atoms with E-state index in [1.807, 2.05) is 0 Å². The molecule has 0 unspecified atom stereocenters. The lowest BCUT2D eigenvalue weighted by atomic mass is 10.2. The van der Waals surface area contributed by atoms with Gasteiger partial charge in [0.15, 0.2) is 0 Å². The number of rotatable bonds is 4. The maximum Gasteiger partial charge on any atom is 0.261 e. The highest BCUT2D eigenvalue weighted by Gasteiger charge is 2.09. The first-order valence-electron chi connectivity index (χ1n) is 5.68. The molecule has 0 spiro atoms. The van der Waals surface area contributed by atoms with E-state index in [9.17, 15) is 13.2 Å². The number of carbonyl (C=O) groups excluding carboxylic acids is 1. The van der Waals surface area contributed by atoms with Crippen molar-refractivity contribution in [2.75, 3.05) is 0 Å². The monoisotopic (exact) mass is 310 g/mol. The van der Waals surface area contributed by atoms with Crippen LogP contribution in [0.1, 0.15) is 15.9 Å². The van der Waals surface area contributed by atoms with E-state index in [0.29, 0.717) is 12.1 Å². The smallest absolute Gasteiger partial charge is 0.261 e. The fourth-order valence-electron chi connectivity index (χ4n) is 1.56. The summed E-state index contributed by atoms with van der Waals surface area (Å²) in [7, 11) is 1.50. The highest BCUT2D eigenvalue weighted by molar-refractivity contribution is 8.13. The molecule has 0 aliphatic rings.